The minimum absolute atomic E-state index is 0.0712. The number of hydrogen-bond acceptors (Lipinski definition) is 4. The third-order valence-electron chi connectivity index (χ3n) is 2.64. The highest BCUT2D eigenvalue weighted by atomic mass is 79.9. The summed E-state index contributed by atoms with van der Waals surface area (Å²) in [6.45, 7) is 0. The minimum Gasteiger partial charge on any atom is -0.399 e. The third kappa shape index (κ3) is 3.59. The van der Waals surface area contributed by atoms with Gasteiger partial charge in [0.15, 0.2) is 0 Å². The summed E-state index contributed by atoms with van der Waals surface area (Å²) in [4.78, 5) is 22.4. The summed E-state index contributed by atoms with van der Waals surface area (Å²) in [6.07, 6.45) is 0. The van der Waals surface area contributed by atoms with E-state index in [9.17, 15) is 14.9 Å². The third-order valence-corrected chi connectivity index (χ3v) is 3.96. The highest BCUT2D eigenvalue weighted by Gasteiger charge is 2.14. The predicted octanol–water partition coefficient (Wildman–Crippen LogP) is 3.95. The summed E-state index contributed by atoms with van der Waals surface area (Å²) in [5, 5.41) is 13.4. The number of nitrogens with two attached hydrogens (primary N) is 1. The van der Waals surface area contributed by atoms with Crippen LogP contribution in [0.25, 0.3) is 0 Å². The first kappa shape index (κ1) is 15.5. The Labute approximate surface area is 136 Å². The number of nitro benzene ring substituents is 1. The van der Waals surface area contributed by atoms with Gasteiger partial charge in [0.25, 0.3) is 11.6 Å². The van der Waals surface area contributed by atoms with Crippen molar-refractivity contribution >= 4 is 54.8 Å². The molecule has 2 rings (SSSR count). The van der Waals surface area contributed by atoms with Crippen molar-refractivity contribution in [2.24, 2.45) is 0 Å². The van der Waals surface area contributed by atoms with Gasteiger partial charge in [0.05, 0.1) is 15.0 Å². The molecule has 0 aliphatic rings. The van der Waals surface area contributed by atoms with E-state index in [1.54, 1.807) is 18.2 Å². The first-order chi connectivity index (χ1) is 9.88. The maximum Gasteiger partial charge on any atom is 0.283 e. The Kier molecular flexibility index (Phi) is 4.59. The number of carbonyl (C=O) groups excluding carboxylic acids is 1. The van der Waals surface area contributed by atoms with E-state index in [4.69, 9.17) is 5.73 Å². The molecular weight excluding hydrogens is 406 g/mol. The fourth-order valence-electron chi connectivity index (χ4n) is 1.65. The van der Waals surface area contributed by atoms with Crippen LogP contribution in [-0.2, 0) is 0 Å². The molecule has 0 aliphatic heterocycles. The fraction of sp³-hybridized carbons (Fsp3) is 0. The minimum atomic E-state index is -0.510. The van der Waals surface area contributed by atoms with E-state index in [0.717, 1.165) is 0 Å². The molecule has 0 fully saturated rings. The molecule has 0 unspecified atom stereocenters. The molecule has 0 heterocycles. The smallest absolute Gasteiger partial charge is 0.283 e. The molecule has 0 aromatic heterocycles. The van der Waals surface area contributed by atoms with E-state index >= 15 is 0 Å². The topological polar surface area (TPSA) is 98.3 Å². The van der Waals surface area contributed by atoms with Gasteiger partial charge >= 0.3 is 0 Å². The Morgan fingerprint density at radius 2 is 1.86 bits per heavy atom. The highest BCUT2D eigenvalue weighted by molar-refractivity contribution is 9.11. The van der Waals surface area contributed by atoms with Gasteiger partial charge in [-0.1, -0.05) is 0 Å². The van der Waals surface area contributed by atoms with Crippen LogP contribution in [0.2, 0.25) is 0 Å². The van der Waals surface area contributed by atoms with Gasteiger partial charge in [-0.05, 0) is 62.2 Å². The Morgan fingerprint density at radius 3 is 2.48 bits per heavy atom. The van der Waals surface area contributed by atoms with Gasteiger partial charge < -0.3 is 11.1 Å². The zero-order valence-corrected chi connectivity index (χ0v) is 13.6. The number of nitrogens with zero attached hydrogens (tertiary/aromatic N) is 1. The number of anilines is 2. The van der Waals surface area contributed by atoms with Crippen molar-refractivity contribution < 1.29 is 9.72 Å². The van der Waals surface area contributed by atoms with E-state index in [-0.39, 0.29) is 16.1 Å². The molecule has 6 nitrogen and oxygen atoms in total. The SMILES string of the molecule is Nc1ccc(Br)c(C(=O)Nc2ccc([N+](=O)[O-])c(Br)c2)c1. The summed E-state index contributed by atoms with van der Waals surface area (Å²) in [7, 11) is 0. The lowest BCUT2D eigenvalue weighted by Gasteiger charge is -2.08. The van der Waals surface area contributed by atoms with E-state index in [2.05, 4.69) is 37.2 Å². The van der Waals surface area contributed by atoms with Gasteiger partial charge in [-0.15, -0.1) is 0 Å². The van der Waals surface area contributed by atoms with Gasteiger partial charge in [0.2, 0.25) is 0 Å². The Balaban J connectivity index is 2.26. The summed E-state index contributed by atoms with van der Waals surface area (Å²) in [6, 6.07) is 9.13. The van der Waals surface area contributed by atoms with Crippen LogP contribution in [0.4, 0.5) is 17.1 Å². The van der Waals surface area contributed by atoms with Crippen molar-refractivity contribution in [3.8, 4) is 0 Å². The number of hydrogen-bond donors (Lipinski definition) is 2. The van der Waals surface area contributed by atoms with Crippen molar-refractivity contribution in [2.75, 3.05) is 11.1 Å². The molecule has 0 bridgehead atoms. The second-order valence-corrected chi connectivity index (χ2v) is 5.83. The average Bonchev–Trinajstić information content (AvgIpc) is 2.41. The van der Waals surface area contributed by atoms with E-state index in [1.807, 2.05) is 0 Å². The molecule has 8 heteroatoms. The molecule has 0 aliphatic carbocycles. The van der Waals surface area contributed by atoms with Crippen molar-refractivity contribution in [2.45, 2.75) is 0 Å². The van der Waals surface area contributed by atoms with Gasteiger partial charge in [-0.3, -0.25) is 14.9 Å². The Hall–Kier alpha value is -1.93. The lowest BCUT2D eigenvalue weighted by Crippen LogP contribution is -2.13. The van der Waals surface area contributed by atoms with Crippen LogP contribution in [0, 0.1) is 10.1 Å². The summed E-state index contributed by atoms with van der Waals surface area (Å²) < 4.78 is 0.895. The molecule has 0 saturated heterocycles. The molecule has 0 saturated carbocycles. The number of nitrogens with one attached hydrogen (secondary N) is 1. The molecule has 2 aromatic rings. The second-order valence-electron chi connectivity index (χ2n) is 4.12. The number of nitro groups is 1. The number of benzene rings is 2. The molecule has 21 heavy (non-hydrogen) atoms. The van der Waals surface area contributed by atoms with Crippen LogP contribution in [0.15, 0.2) is 45.3 Å². The summed E-state index contributed by atoms with van der Waals surface area (Å²) in [5.74, 6) is -0.366. The number of rotatable bonds is 3. The molecule has 2 aromatic carbocycles. The first-order valence-electron chi connectivity index (χ1n) is 5.69. The predicted molar refractivity (Wildman–Crippen MR) is 87.3 cm³/mol. The standard InChI is InChI=1S/C13H9Br2N3O3/c14-10-3-1-7(16)5-9(10)13(19)17-8-2-4-12(18(20)21)11(15)6-8/h1-6H,16H2,(H,17,19). The summed E-state index contributed by atoms with van der Waals surface area (Å²) in [5.41, 5.74) is 6.86. The van der Waals surface area contributed by atoms with Gasteiger partial charge in [-0.2, -0.15) is 0 Å². The zero-order chi connectivity index (χ0) is 15.6. The van der Waals surface area contributed by atoms with Gasteiger partial charge in [0, 0.05) is 21.9 Å². The maximum absolute atomic E-state index is 12.2. The second kappa shape index (κ2) is 6.23. The van der Waals surface area contributed by atoms with Crippen molar-refractivity contribution in [3.63, 3.8) is 0 Å². The van der Waals surface area contributed by atoms with Crippen LogP contribution in [0.1, 0.15) is 10.4 Å². The fourth-order valence-corrected chi connectivity index (χ4v) is 2.60. The largest absolute Gasteiger partial charge is 0.399 e. The van der Waals surface area contributed by atoms with Crippen LogP contribution >= 0.6 is 31.9 Å². The van der Waals surface area contributed by atoms with Gasteiger partial charge in [0.1, 0.15) is 0 Å². The molecule has 0 atom stereocenters. The number of nitrogen functional groups attached to an aromatic ring is 1. The van der Waals surface area contributed by atoms with Crippen LogP contribution in [0.5, 0.6) is 0 Å². The summed E-state index contributed by atoms with van der Waals surface area (Å²) >= 11 is 6.37. The monoisotopic (exact) mass is 413 g/mol. The average molecular weight is 415 g/mol. The van der Waals surface area contributed by atoms with E-state index in [1.165, 1.54) is 18.2 Å². The maximum atomic E-state index is 12.2. The highest BCUT2D eigenvalue weighted by Crippen LogP contribution is 2.28. The normalized spacial score (nSPS) is 10.2. The van der Waals surface area contributed by atoms with Crippen molar-refractivity contribution in [3.05, 3.63) is 61.0 Å². The number of carbonyl (C=O) groups is 1. The molecular formula is C13H9Br2N3O3. The Bertz CT molecular complexity index is 735. The Morgan fingerprint density at radius 1 is 1.14 bits per heavy atom. The van der Waals surface area contributed by atoms with Crippen LogP contribution in [-0.4, -0.2) is 10.8 Å². The first-order valence-corrected chi connectivity index (χ1v) is 7.27. The van der Waals surface area contributed by atoms with Crippen LogP contribution < -0.4 is 11.1 Å². The molecule has 3 N–H and O–H groups in total. The number of amides is 1. The molecule has 0 spiro atoms. The lowest BCUT2D eigenvalue weighted by atomic mass is 10.2. The van der Waals surface area contributed by atoms with Crippen molar-refractivity contribution in [1.29, 1.82) is 0 Å². The quantitative estimate of drug-likeness (QED) is 0.451. The zero-order valence-electron chi connectivity index (χ0n) is 10.5. The van der Waals surface area contributed by atoms with E-state index < -0.39 is 4.92 Å². The van der Waals surface area contributed by atoms with Crippen molar-refractivity contribution in [1.82, 2.24) is 0 Å². The van der Waals surface area contributed by atoms with Crippen LogP contribution in [0.3, 0.4) is 0 Å². The van der Waals surface area contributed by atoms with Gasteiger partial charge in [-0.25, -0.2) is 0 Å². The molecule has 0 radical (unpaired) electrons. The van der Waals surface area contributed by atoms with E-state index in [0.29, 0.717) is 21.4 Å². The molecule has 1 amide bonds. The lowest BCUT2D eigenvalue weighted by molar-refractivity contribution is -0.385. The number of halogens is 2. The molecule has 108 valence electrons.